The van der Waals surface area contributed by atoms with Gasteiger partial charge in [0.2, 0.25) is 0 Å². The van der Waals surface area contributed by atoms with Crippen molar-refractivity contribution in [3.8, 4) is 0 Å². The van der Waals surface area contributed by atoms with E-state index >= 15 is 0 Å². The third-order valence-corrected chi connectivity index (χ3v) is 4.87. The molecule has 0 radical (unpaired) electrons. The molecule has 4 rings (SSSR count). The molecule has 0 spiro atoms. The predicted octanol–water partition coefficient (Wildman–Crippen LogP) is 3.70. The van der Waals surface area contributed by atoms with E-state index in [4.69, 9.17) is 4.98 Å². The van der Waals surface area contributed by atoms with E-state index < -0.39 is 0 Å². The van der Waals surface area contributed by atoms with Crippen molar-refractivity contribution in [2.24, 2.45) is 7.05 Å². The molecule has 4 heteroatoms. The second-order valence-corrected chi connectivity index (χ2v) is 6.36. The first kappa shape index (κ1) is 14.4. The van der Waals surface area contributed by atoms with Crippen LogP contribution in [-0.2, 0) is 13.6 Å². The number of aromatic nitrogens is 3. The van der Waals surface area contributed by atoms with E-state index in [1.807, 2.05) is 12.4 Å². The van der Waals surface area contributed by atoms with Crippen LogP contribution in [0.2, 0.25) is 0 Å². The summed E-state index contributed by atoms with van der Waals surface area (Å²) in [5.41, 5.74) is 3.64. The summed E-state index contributed by atoms with van der Waals surface area (Å²) in [7, 11) is 2.14. The Kier molecular flexibility index (Phi) is 3.83. The van der Waals surface area contributed by atoms with Crippen molar-refractivity contribution in [3.63, 3.8) is 0 Å². The Morgan fingerprint density at radius 2 is 1.91 bits per heavy atom. The molecule has 23 heavy (non-hydrogen) atoms. The van der Waals surface area contributed by atoms with Crippen molar-refractivity contribution in [1.29, 1.82) is 0 Å². The van der Waals surface area contributed by atoms with E-state index in [1.165, 1.54) is 36.2 Å². The van der Waals surface area contributed by atoms with Crippen LogP contribution in [-0.4, -0.2) is 26.0 Å². The molecule has 0 bridgehead atoms. The largest absolute Gasteiger partial charge is 0.330 e. The van der Waals surface area contributed by atoms with Gasteiger partial charge < -0.3 is 4.57 Å². The van der Waals surface area contributed by atoms with E-state index in [1.54, 1.807) is 0 Å². The number of rotatable bonds is 3. The Balaban J connectivity index is 1.67. The van der Waals surface area contributed by atoms with Crippen molar-refractivity contribution < 1.29 is 0 Å². The molecule has 1 aromatic carbocycles. The monoisotopic (exact) mass is 306 g/mol. The average molecular weight is 306 g/mol. The van der Waals surface area contributed by atoms with Crippen LogP contribution in [0.25, 0.3) is 11.0 Å². The smallest absolute Gasteiger partial charge is 0.127 e. The third kappa shape index (κ3) is 2.75. The van der Waals surface area contributed by atoms with Gasteiger partial charge in [-0.05, 0) is 49.2 Å². The Morgan fingerprint density at radius 1 is 1.09 bits per heavy atom. The fourth-order valence-electron chi connectivity index (χ4n) is 3.66. The first-order valence-corrected chi connectivity index (χ1v) is 8.37. The first-order valence-electron chi connectivity index (χ1n) is 8.37. The fourth-order valence-corrected chi connectivity index (χ4v) is 3.66. The quantitative estimate of drug-likeness (QED) is 0.740. The van der Waals surface area contributed by atoms with E-state index in [2.05, 4.69) is 57.9 Å². The van der Waals surface area contributed by atoms with Crippen LogP contribution >= 0.6 is 0 Å². The Morgan fingerprint density at radius 3 is 2.74 bits per heavy atom. The van der Waals surface area contributed by atoms with Gasteiger partial charge in [0, 0.05) is 26.0 Å². The van der Waals surface area contributed by atoms with E-state index in [9.17, 15) is 0 Å². The van der Waals surface area contributed by atoms with Crippen LogP contribution in [0.3, 0.4) is 0 Å². The zero-order valence-corrected chi connectivity index (χ0v) is 13.5. The van der Waals surface area contributed by atoms with Gasteiger partial charge in [-0.2, -0.15) is 0 Å². The van der Waals surface area contributed by atoms with Gasteiger partial charge in [-0.3, -0.25) is 9.88 Å². The van der Waals surface area contributed by atoms with E-state index in [0.29, 0.717) is 6.04 Å². The molecular weight excluding hydrogens is 284 g/mol. The summed E-state index contributed by atoms with van der Waals surface area (Å²) in [6, 6.07) is 13.0. The summed E-state index contributed by atoms with van der Waals surface area (Å²) in [6.45, 7) is 2.10. The molecule has 0 amide bonds. The van der Waals surface area contributed by atoms with Crippen molar-refractivity contribution in [2.75, 3.05) is 6.54 Å². The van der Waals surface area contributed by atoms with Gasteiger partial charge in [-0.25, -0.2) is 4.98 Å². The first-order chi connectivity index (χ1) is 11.3. The number of likely N-dealkylation sites (tertiary alicyclic amines) is 1. The van der Waals surface area contributed by atoms with Gasteiger partial charge in [-0.1, -0.05) is 18.6 Å². The van der Waals surface area contributed by atoms with Crippen molar-refractivity contribution >= 4 is 11.0 Å². The second-order valence-electron chi connectivity index (χ2n) is 6.36. The number of imidazole rings is 1. The zero-order valence-electron chi connectivity index (χ0n) is 13.5. The molecule has 4 nitrogen and oxygen atoms in total. The summed E-state index contributed by atoms with van der Waals surface area (Å²) < 4.78 is 2.27. The lowest BCUT2D eigenvalue weighted by molar-refractivity contribution is 0.132. The average Bonchev–Trinajstić information content (AvgIpc) is 2.94. The van der Waals surface area contributed by atoms with Gasteiger partial charge >= 0.3 is 0 Å². The normalized spacial score (nSPS) is 19.3. The molecular formula is C19H22N4. The maximum absolute atomic E-state index is 4.94. The third-order valence-electron chi connectivity index (χ3n) is 4.87. The molecule has 0 N–H and O–H groups in total. The van der Waals surface area contributed by atoms with E-state index in [-0.39, 0.29) is 0 Å². The number of nitrogens with zero attached hydrogens (tertiary/aromatic N) is 4. The highest BCUT2D eigenvalue weighted by atomic mass is 15.2. The standard InChI is InChI=1S/C19H22N4/c1-22-17-7-3-2-6-16(17)21-19(22)18-8-4-5-13-23(18)14-15-9-11-20-12-10-15/h2-3,6-7,9-12,18H,4-5,8,13-14H2,1H3. The summed E-state index contributed by atoms with van der Waals surface area (Å²) in [5.74, 6) is 1.19. The van der Waals surface area contributed by atoms with Gasteiger partial charge in [0.1, 0.15) is 5.82 Å². The number of fused-ring (bicyclic) bond motifs is 1. The minimum atomic E-state index is 0.398. The Labute approximate surface area is 136 Å². The molecule has 1 atom stereocenters. The molecule has 1 saturated heterocycles. The number of aryl methyl sites for hydroxylation is 1. The summed E-state index contributed by atoms with van der Waals surface area (Å²) in [6.07, 6.45) is 7.49. The highest BCUT2D eigenvalue weighted by molar-refractivity contribution is 5.75. The Bertz CT molecular complexity index is 793. The fraction of sp³-hybridized carbons (Fsp3) is 0.368. The SMILES string of the molecule is Cn1c(C2CCCCN2Cc2ccncc2)nc2ccccc21. The lowest BCUT2D eigenvalue weighted by Crippen LogP contribution is -2.34. The van der Waals surface area contributed by atoms with Crippen molar-refractivity contribution in [2.45, 2.75) is 31.8 Å². The molecule has 0 aliphatic carbocycles. The predicted molar refractivity (Wildman–Crippen MR) is 92.0 cm³/mol. The summed E-state index contributed by atoms with van der Waals surface area (Å²) in [4.78, 5) is 11.6. The minimum absolute atomic E-state index is 0.398. The number of hydrogen-bond acceptors (Lipinski definition) is 3. The van der Waals surface area contributed by atoms with Crippen LogP contribution in [0.1, 0.15) is 36.7 Å². The molecule has 1 aliphatic rings. The minimum Gasteiger partial charge on any atom is -0.330 e. The van der Waals surface area contributed by atoms with E-state index in [0.717, 1.165) is 18.6 Å². The lowest BCUT2D eigenvalue weighted by Gasteiger charge is -2.35. The maximum Gasteiger partial charge on any atom is 0.127 e. The number of pyridine rings is 1. The van der Waals surface area contributed by atoms with Crippen molar-refractivity contribution in [1.82, 2.24) is 19.4 Å². The van der Waals surface area contributed by atoms with Crippen LogP contribution in [0.4, 0.5) is 0 Å². The van der Waals surface area contributed by atoms with Gasteiger partial charge in [0.15, 0.2) is 0 Å². The van der Waals surface area contributed by atoms with Gasteiger partial charge in [-0.15, -0.1) is 0 Å². The van der Waals surface area contributed by atoms with Gasteiger partial charge in [0.25, 0.3) is 0 Å². The zero-order chi connectivity index (χ0) is 15.6. The topological polar surface area (TPSA) is 34.0 Å². The molecule has 1 fully saturated rings. The number of hydrogen-bond donors (Lipinski definition) is 0. The maximum atomic E-state index is 4.94. The second kappa shape index (κ2) is 6.13. The summed E-state index contributed by atoms with van der Waals surface area (Å²) >= 11 is 0. The number of para-hydroxylation sites is 2. The highest BCUT2D eigenvalue weighted by Crippen LogP contribution is 2.32. The molecule has 1 aliphatic heterocycles. The highest BCUT2D eigenvalue weighted by Gasteiger charge is 2.27. The molecule has 0 saturated carbocycles. The molecule has 1 unspecified atom stereocenters. The van der Waals surface area contributed by atoms with Crippen molar-refractivity contribution in [3.05, 3.63) is 60.2 Å². The van der Waals surface area contributed by atoms with Crippen LogP contribution in [0.5, 0.6) is 0 Å². The Hall–Kier alpha value is -2.20. The summed E-state index contributed by atoms with van der Waals surface area (Å²) in [5, 5.41) is 0. The van der Waals surface area contributed by atoms with Crippen LogP contribution in [0.15, 0.2) is 48.8 Å². The lowest BCUT2D eigenvalue weighted by atomic mass is 10.0. The van der Waals surface area contributed by atoms with Crippen LogP contribution in [0, 0.1) is 0 Å². The molecule has 118 valence electrons. The van der Waals surface area contributed by atoms with Crippen LogP contribution < -0.4 is 0 Å². The molecule has 3 heterocycles. The molecule has 2 aromatic heterocycles. The van der Waals surface area contributed by atoms with Gasteiger partial charge in [0.05, 0.1) is 17.1 Å². The molecule has 3 aromatic rings. The number of piperidine rings is 1. The number of benzene rings is 1.